The molecule has 4 nitrogen and oxygen atoms in total. The standard InChI is InChI=1S/C21H24ClNO3/c1-13(21(24)26-16-11-14-7-8-15(12-16)23(14)2)25-20-10-9-19(22)17-5-3-4-6-18(17)20/h3-6,9-10,13-16H,7-8,11-12H2,1-2H3/t13?,14-,15+,16?. The number of hydrogen-bond acceptors (Lipinski definition) is 4. The summed E-state index contributed by atoms with van der Waals surface area (Å²) in [6, 6.07) is 12.5. The maximum atomic E-state index is 12.5. The first-order chi connectivity index (χ1) is 12.5. The van der Waals surface area contributed by atoms with Crippen LogP contribution in [0.15, 0.2) is 36.4 Å². The van der Waals surface area contributed by atoms with Crippen molar-refractivity contribution in [1.82, 2.24) is 4.90 Å². The van der Waals surface area contributed by atoms with Crippen molar-refractivity contribution in [2.24, 2.45) is 0 Å². The summed E-state index contributed by atoms with van der Waals surface area (Å²) in [6.45, 7) is 1.75. The number of benzene rings is 2. The Balaban J connectivity index is 1.43. The van der Waals surface area contributed by atoms with Crippen LogP contribution in [-0.4, -0.2) is 42.2 Å². The first kappa shape index (κ1) is 17.6. The molecular weight excluding hydrogens is 350 g/mol. The normalized spacial score (nSPS) is 26.7. The van der Waals surface area contributed by atoms with Crippen LogP contribution in [0, 0.1) is 0 Å². The lowest BCUT2D eigenvalue weighted by molar-refractivity contribution is -0.159. The first-order valence-electron chi connectivity index (χ1n) is 9.29. The highest BCUT2D eigenvalue weighted by Crippen LogP contribution is 2.36. The van der Waals surface area contributed by atoms with Crippen LogP contribution in [-0.2, 0) is 9.53 Å². The minimum atomic E-state index is -0.656. The van der Waals surface area contributed by atoms with Gasteiger partial charge in [-0.3, -0.25) is 0 Å². The van der Waals surface area contributed by atoms with Crippen LogP contribution in [0.4, 0.5) is 0 Å². The van der Waals surface area contributed by atoms with Crippen molar-refractivity contribution in [2.75, 3.05) is 7.05 Å². The Bertz CT molecular complexity index is 810. The molecule has 0 amide bonds. The van der Waals surface area contributed by atoms with E-state index >= 15 is 0 Å². The summed E-state index contributed by atoms with van der Waals surface area (Å²) in [7, 11) is 2.18. The Kier molecular flexibility index (Phi) is 4.80. The maximum Gasteiger partial charge on any atom is 0.347 e. The summed E-state index contributed by atoms with van der Waals surface area (Å²) in [6.07, 6.45) is 3.61. The number of piperidine rings is 1. The third-order valence-electron chi connectivity index (χ3n) is 5.80. The smallest absolute Gasteiger partial charge is 0.347 e. The molecule has 138 valence electrons. The summed E-state index contributed by atoms with van der Waals surface area (Å²) < 4.78 is 11.7. The molecule has 2 heterocycles. The molecule has 0 spiro atoms. The van der Waals surface area contributed by atoms with E-state index in [1.165, 1.54) is 12.8 Å². The van der Waals surface area contributed by atoms with E-state index in [9.17, 15) is 4.79 Å². The second kappa shape index (κ2) is 7.09. The van der Waals surface area contributed by atoms with E-state index in [0.717, 1.165) is 23.6 Å². The molecule has 2 bridgehead atoms. The van der Waals surface area contributed by atoms with E-state index in [2.05, 4.69) is 11.9 Å². The summed E-state index contributed by atoms with van der Waals surface area (Å²) in [4.78, 5) is 15.0. The van der Waals surface area contributed by atoms with Gasteiger partial charge in [-0.1, -0.05) is 35.9 Å². The molecule has 2 aromatic carbocycles. The lowest BCUT2D eigenvalue weighted by Gasteiger charge is -2.36. The second-order valence-electron chi connectivity index (χ2n) is 7.43. The Morgan fingerprint density at radius 2 is 1.77 bits per heavy atom. The molecule has 2 saturated heterocycles. The average molecular weight is 374 g/mol. The van der Waals surface area contributed by atoms with Crippen LogP contribution in [0.2, 0.25) is 5.02 Å². The predicted octanol–water partition coefficient (Wildman–Crippen LogP) is 4.43. The van der Waals surface area contributed by atoms with Crippen molar-refractivity contribution in [1.29, 1.82) is 0 Å². The van der Waals surface area contributed by atoms with Gasteiger partial charge in [0, 0.05) is 27.9 Å². The molecule has 0 radical (unpaired) electrons. The highest BCUT2D eigenvalue weighted by molar-refractivity contribution is 6.35. The lowest BCUT2D eigenvalue weighted by atomic mass is 10.0. The number of fused-ring (bicyclic) bond motifs is 3. The molecule has 0 aliphatic carbocycles. The molecule has 2 aliphatic heterocycles. The molecule has 0 saturated carbocycles. The van der Waals surface area contributed by atoms with E-state index in [0.29, 0.717) is 22.9 Å². The van der Waals surface area contributed by atoms with Crippen molar-refractivity contribution in [3.8, 4) is 5.75 Å². The van der Waals surface area contributed by atoms with Crippen molar-refractivity contribution in [3.63, 3.8) is 0 Å². The van der Waals surface area contributed by atoms with Gasteiger partial charge in [-0.15, -0.1) is 0 Å². The zero-order valence-corrected chi connectivity index (χ0v) is 15.9. The molecule has 5 heteroatoms. The van der Waals surface area contributed by atoms with Gasteiger partial charge in [-0.05, 0) is 51.8 Å². The van der Waals surface area contributed by atoms with Crippen molar-refractivity contribution < 1.29 is 14.3 Å². The number of rotatable bonds is 4. The van der Waals surface area contributed by atoms with Crippen LogP contribution in [0.5, 0.6) is 5.75 Å². The molecule has 2 aliphatic rings. The molecule has 0 aromatic heterocycles. The molecule has 4 rings (SSSR count). The predicted molar refractivity (Wildman–Crippen MR) is 103 cm³/mol. The monoisotopic (exact) mass is 373 g/mol. The summed E-state index contributed by atoms with van der Waals surface area (Å²) in [5.41, 5.74) is 0. The fourth-order valence-electron chi connectivity index (χ4n) is 4.29. The Hall–Kier alpha value is -1.78. The minimum Gasteiger partial charge on any atom is -0.478 e. The van der Waals surface area contributed by atoms with Crippen LogP contribution in [0.3, 0.4) is 0 Å². The third kappa shape index (κ3) is 3.28. The van der Waals surface area contributed by atoms with Crippen LogP contribution < -0.4 is 4.74 Å². The van der Waals surface area contributed by atoms with E-state index in [-0.39, 0.29) is 12.1 Å². The van der Waals surface area contributed by atoms with Gasteiger partial charge >= 0.3 is 5.97 Å². The summed E-state index contributed by atoms with van der Waals surface area (Å²) >= 11 is 6.25. The number of esters is 1. The zero-order chi connectivity index (χ0) is 18.3. The number of ether oxygens (including phenoxy) is 2. The highest BCUT2D eigenvalue weighted by atomic mass is 35.5. The molecular formula is C21H24ClNO3. The minimum absolute atomic E-state index is 0.00390. The van der Waals surface area contributed by atoms with Gasteiger partial charge in [0.05, 0.1) is 0 Å². The van der Waals surface area contributed by atoms with E-state index in [1.54, 1.807) is 13.0 Å². The van der Waals surface area contributed by atoms with Crippen LogP contribution in [0.1, 0.15) is 32.6 Å². The van der Waals surface area contributed by atoms with Crippen molar-refractivity contribution in [3.05, 3.63) is 41.4 Å². The Labute approximate surface area is 159 Å². The number of carbonyl (C=O) groups is 1. The fraction of sp³-hybridized carbons (Fsp3) is 0.476. The molecule has 2 unspecified atom stereocenters. The number of hydrogen-bond donors (Lipinski definition) is 0. The topological polar surface area (TPSA) is 38.8 Å². The third-order valence-corrected chi connectivity index (χ3v) is 6.13. The van der Waals surface area contributed by atoms with Gasteiger partial charge < -0.3 is 14.4 Å². The van der Waals surface area contributed by atoms with E-state index in [1.807, 2.05) is 30.3 Å². The highest BCUT2D eigenvalue weighted by Gasteiger charge is 2.40. The van der Waals surface area contributed by atoms with Gasteiger partial charge in [-0.2, -0.15) is 0 Å². The number of halogens is 1. The van der Waals surface area contributed by atoms with Gasteiger partial charge in [0.1, 0.15) is 11.9 Å². The quantitative estimate of drug-likeness (QED) is 0.743. The average Bonchev–Trinajstić information content (AvgIpc) is 2.85. The summed E-state index contributed by atoms with van der Waals surface area (Å²) in [5.74, 6) is 0.357. The van der Waals surface area contributed by atoms with Gasteiger partial charge in [0.2, 0.25) is 0 Å². The van der Waals surface area contributed by atoms with Gasteiger partial charge in [0.25, 0.3) is 0 Å². The maximum absolute atomic E-state index is 12.5. The zero-order valence-electron chi connectivity index (χ0n) is 15.2. The summed E-state index contributed by atoms with van der Waals surface area (Å²) in [5, 5.41) is 2.49. The largest absolute Gasteiger partial charge is 0.478 e. The lowest BCUT2D eigenvalue weighted by Crippen LogP contribution is -2.44. The van der Waals surface area contributed by atoms with E-state index < -0.39 is 6.10 Å². The second-order valence-corrected chi connectivity index (χ2v) is 7.84. The van der Waals surface area contributed by atoms with Crippen molar-refractivity contribution in [2.45, 2.75) is 56.9 Å². The molecule has 2 fully saturated rings. The number of nitrogens with zero attached hydrogens (tertiary/aromatic N) is 1. The SMILES string of the molecule is CC(Oc1ccc(Cl)c2ccccc12)C(=O)OC1C[C@H]2CC[C@@H](C1)N2C. The molecule has 4 atom stereocenters. The van der Waals surface area contributed by atoms with Gasteiger partial charge in [-0.25, -0.2) is 4.79 Å². The molecule has 0 N–H and O–H groups in total. The van der Waals surface area contributed by atoms with Crippen LogP contribution >= 0.6 is 11.6 Å². The molecule has 26 heavy (non-hydrogen) atoms. The van der Waals surface area contributed by atoms with E-state index in [4.69, 9.17) is 21.1 Å². The fourth-order valence-corrected chi connectivity index (χ4v) is 4.52. The van der Waals surface area contributed by atoms with Gasteiger partial charge in [0.15, 0.2) is 6.10 Å². The molecule has 2 aromatic rings. The Morgan fingerprint density at radius 1 is 1.12 bits per heavy atom. The van der Waals surface area contributed by atoms with Crippen LogP contribution in [0.25, 0.3) is 10.8 Å². The van der Waals surface area contributed by atoms with Crippen molar-refractivity contribution >= 4 is 28.3 Å². The number of carbonyl (C=O) groups excluding carboxylic acids is 1. The first-order valence-corrected chi connectivity index (χ1v) is 9.67. The Morgan fingerprint density at radius 3 is 2.46 bits per heavy atom.